The van der Waals surface area contributed by atoms with Gasteiger partial charge in [0, 0.05) is 13.1 Å². The van der Waals surface area contributed by atoms with E-state index < -0.39 is 5.69 Å². The molecule has 0 N–H and O–H groups in total. The number of amides is 1. The number of rotatable bonds is 4. The van der Waals surface area contributed by atoms with E-state index in [2.05, 4.69) is 13.8 Å². The Morgan fingerprint density at radius 3 is 2.48 bits per heavy atom. The zero-order chi connectivity index (χ0) is 23.1. The number of carbonyl (C=O) groups excluding carboxylic acids is 1. The molecule has 2 aliphatic heterocycles. The fourth-order valence-corrected chi connectivity index (χ4v) is 4.99. The van der Waals surface area contributed by atoms with Crippen molar-refractivity contribution < 1.29 is 14.3 Å². The van der Waals surface area contributed by atoms with Crippen molar-refractivity contribution in [3.05, 3.63) is 68.9 Å². The zero-order valence-corrected chi connectivity index (χ0v) is 18.8. The van der Waals surface area contributed by atoms with Gasteiger partial charge in [0.25, 0.3) is 5.56 Å². The fraction of sp³-hybridized carbons (Fsp3) is 0.400. The number of piperidine rings is 1. The predicted octanol–water partition coefficient (Wildman–Crippen LogP) is 2.44. The molecule has 8 heteroatoms. The van der Waals surface area contributed by atoms with Gasteiger partial charge in [0.1, 0.15) is 6.54 Å². The van der Waals surface area contributed by atoms with E-state index in [1.54, 1.807) is 42.5 Å². The van der Waals surface area contributed by atoms with Crippen molar-refractivity contribution in [1.82, 2.24) is 14.0 Å². The predicted molar refractivity (Wildman–Crippen MR) is 124 cm³/mol. The van der Waals surface area contributed by atoms with E-state index in [1.165, 1.54) is 9.13 Å². The SMILES string of the molecule is C[C@@H]1C[C@H](C)CN(C(=O)Cn2c(=O)n(Cc3ccc4c(c3)OCO4)c(=O)c3ccccc32)C1. The fourth-order valence-electron chi connectivity index (χ4n) is 4.99. The number of benzene rings is 2. The molecule has 2 atom stereocenters. The monoisotopic (exact) mass is 449 g/mol. The van der Waals surface area contributed by atoms with Gasteiger partial charge in [-0.05, 0) is 48.1 Å². The van der Waals surface area contributed by atoms with Gasteiger partial charge >= 0.3 is 5.69 Å². The van der Waals surface area contributed by atoms with Gasteiger partial charge in [-0.15, -0.1) is 0 Å². The highest BCUT2D eigenvalue weighted by Crippen LogP contribution is 2.32. The maximum Gasteiger partial charge on any atom is 0.332 e. The number of para-hydroxylation sites is 1. The summed E-state index contributed by atoms with van der Waals surface area (Å²) in [5.41, 5.74) is 0.339. The first kappa shape index (κ1) is 21.3. The summed E-state index contributed by atoms with van der Waals surface area (Å²) in [6.07, 6.45) is 1.09. The van der Waals surface area contributed by atoms with Crippen molar-refractivity contribution in [2.45, 2.75) is 33.4 Å². The summed E-state index contributed by atoms with van der Waals surface area (Å²) in [6, 6.07) is 12.3. The van der Waals surface area contributed by atoms with Gasteiger partial charge in [-0.2, -0.15) is 0 Å². The minimum absolute atomic E-state index is 0.0745. The van der Waals surface area contributed by atoms with Crippen LogP contribution in [0, 0.1) is 11.8 Å². The van der Waals surface area contributed by atoms with Gasteiger partial charge in [0.15, 0.2) is 11.5 Å². The molecule has 33 heavy (non-hydrogen) atoms. The molecule has 3 heterocycles. The van der Waals surface area contributed by atoms with Crippen LogP contribution in [0.25, 0.3) is 10.9 Å². The normalized spacial score (nSPS) is 19.8. The molecule has 2 aromatic carbocycles. The summed E-state index contributed by atoms with van der Waals surface area (Å²) >= 11 is 0. The van der Waals surface area contributed by atoms with Crippen LogP contribution in [-0.4, -0.2) is 39.8 Å². The average Bonchev–Trinajstić information content (AvgIpc) is 3.26. The number of hydrogen-bond acceptors (Lipinski definition) is 5. The molecular weight excluding hydrogens is 422 g/mol. The highest BCUT2D eigenvalue weighted by Gasteiger charge is 2.26. The molecule has 1 amide bonds. The van der Waals surface area contributed by atoms with Crippen LogP contribution < -0.4 is 20.7 Å². The summed E-state index contributed by atoms with van der Waals surface area (Å²) in [5, 5.41) is 0.408. The van der Waals surface area contributed by atoms with Crippen LogP contribution in [0.5, 0.6) is 11.5 Å². The molecular formula is C25H27N3O5. The van der Waals surface area contributed by atoms with Crippen molar-refractivity contribution in [3.63, 3.8) is 0 Å². The second-order valence-electron chi connectivity index (χ2n) is 9.21. The van der Waals surface area contributed by atoms with E-state index in [9.17, 15) is 14.4 Å². The standard InChI is InChI=1S/C25H27N3O5/c1-16-9-17(2)12-26(11-16)23(29)14-27-20-6-4-3-5-19(20)24(30)28(25(27)31)13-18-7-8-21-22(10-18)33-15-32-21/h3-8,10,16-17H,9,11-15H2,1-2H3/t16-,17+. The van der Waals surface area contributed by atoms with E-state index >= 15 is 0 Å². The van der Waals surface area contributed by atoms with Gasteiger partial charge in [0.2, 0.25) is 12.7 Å². The minimum Gasteiger partial charge on any atom is -0.454 e. The van der Waals surface area contributed by atoms with Crippen LogP contribution in [0.1, 0.15) is 25.8 Å². The van der Waals surface area contributed by atoms with Crippen molar-refractivity contribution in [3.8, 4) is 11.5 Å². The Labute approximate surface area is 191 Å². The molecule has 8 nitrogen and oxygen atoms in total. The molecule has 1 saturated heterocycles. The van der Waals surface area contributed by atoms with Crippen molar-refractivity contribution in [2.75, 3.05) is 19.9 Å². The second kappa shape index (κ2) is 8.42. The van der Waals surface area contributed by atoms with Crippen LogP contribution in [0.3, 0.4) is 0 Å². The lowest BCUT2D eigenvalue weighted by atomic mass is 9.92. The summed E-state index contributed by atoms with van der Waals surface area (Å²) in [5.74, 6) is 1.97. The van der Waals surface area contributed by atoms with Gasteiger partial charge in [-0.3, -0.25) is 18.7 Å². The van der Waals surface area contributed by atoms with Gasteiger partial charge in [0.05, 0.1) is 17.4 Å². The molecule has 172 valence electrons. The molecule has 0 saturated carbocycles. The number of nitrogens with zero attached hydrogens (tertiary/aromatic N) is 3. The molecule has 0 bridgehead atoms. The summed E-state index contributed by atoms with van der Waals surface area (Å²) in [4.78, 5) is 41.7. The van der Waals surface area contributed by atoms with Crippen LogP contribution in [0.4, 0.5) is 0 Å². The highest BCUT2D eigenvalue weighted by atomic mass is 16.7. The number of ether oxygens (including phenoxy) is 2. The molecule has 0 unspecified atom stereocenters. The molecule has 0 spiro atoms. The molecule has 1 aromatic heterocycles. The van der Waals surface area contributed by atoms with Crippen LogP contribution in [0.2, 0.25) is 0 Å². The first-order valence-corrected chi connectivity index (χ1v) is 11.3. The third-order valence-electron chi connectivity index (χ3n) is 6.42. The summed E-state index contributed by atoms with van der Waals surface area (Å²) in [6.45, 7) is 5.79. The largest absolute Gasteiger partial charge is 0.454 e. The van der Waals surface area contributed by atoms with E-state index in [0.29, 0.717) is 47.3 Å². The minimum atomic E-state index is -0.497. The third kappa shape index (κ3) is 4.01. The lowest BCUT2D eigenvalue weighted by molar-refractivity contribution is -0.134. The van der Waals surface area contributed by atoms with Crippen LogP contribution >= 0.6 is 0 Å². The molecule has 3 aromatic rings. The number of likely N-dealkylation sites (tertiary alicyclic amines) is 1. The Balaban J connectivity index is 1.54. The molecule has 5 rings (SSSR count). The van der Waals surface area contributed by atoms with E-state index in [-0.39, 0.29) is 31.3 Å². The van der Waals surface area contributed by atoms with Gasteiger partial charge in [-0.1, -0.05) is 32.0 Å². The van der Waals surface area contributed by atoms with E-state index in [1.807, 2.05) is 4.90 Å². The Kier molecular flexibility index (Phi) is 5.44. The van der Waals surface area contributed by atoms with E-state index in [0.717, 1.165) is 12.0 Å². The number of carbonyl (C=O) groups is 1. The molecule has 0 aliphatic carbocycles. The second-order valence-corrected chi connectivity index (χ2v) is 9.21. The smallest absolute Gasteiger partial charge is 0.332 e. The lowest BCUT2D eigenvalue weighted by Crippen LogP contribution is -2.47. The maximum absolute atomic E-state index is 13.5. The first-order valence-electron chi connectivity index (χ1n) is 11.3. The molecule has 0 radical (unpaired) electrons. The topological polar surface area (TPSA) is 82.8 Å². The van der Waals surface area contributed by atoms with Gasteiger partial charge in [-0.25, -0.2) is 4.79 Å². The summed E-state index contributed by atoms with van der Waals surface area (Å²) < 4.78 is 13.4. The zero-order valence-electron chi connectivity index (χ0n) is 18.8. The lowest BCUT2D eigenvalue weighted by Gasteiger charge is -2.35. The average molecular weight is 450 g/mol. The van der Waals surface area contributed by atoms with Crippen molar-refractivity contribution in [1.29, 1.82) is 0 Å². The van der Waals surface area contributed by atoms with Crippen LogP contribution in [0.15, 0.2) is 52.1 Å². The maximum atomic E-state index is 13.5. The van der Waals surface area contributed by atoms with E-state index in [4.69, 9.17) is 9.47 Å². The quantitative estimate of drug-likeness (QED) is 0.611. The van der Waals surface area contributed by atoms with Crippen molar-refractivity contribution >= 4 is 16.8 Å². The van der Waals surface area contributed by atoms with Gasteiger partial charge < -0.3 is 14.4 Å². The number of hydrogen-bond donors (Lipinski definition) is 0. The Morgan fingerprint density at radius 1 is 0.970 bits per heavy atom. The molecule has 1 fully saturated rings. The Hall–Kier alpha value is -3.55. The van der Waals surface area contributed by atoms with Crippen LogP contribution in [-0.2, 0) is 17.9 Å². The number of fused-ring (bicyclic) bond motifs is 2. The van der Waals surface area contributed by atoms with Crippen molar-refractivity contribution in [2.24, 2.45) is 11.8 Å². The summed E-state index contributed by atoms with van der Waals surface area (Å²) in [7, 11) is 0. The Bertz CT molecular complexity index is 1330. The highest BCUT2D eigenvalue weighted by molar-refractivity contribution is 5.81. The third-order valence-corrected chi connectivity index (χ3v) is 6.42. The molecule has 2 aliphatic rings. The Morgan fingerprint density at radius 2 is 1.70 bits per heavy atom. The number of aromatic nitrogens is 2. The first-order chi connectivity index (χ1) is 15.9.